The molecule has 2 aromatic heterocycles. The first kappa shape index (κ1) is 20.0. The molecule has 0 aliphatic carbocycles. The zero-order valence-corrected chi connectivity index (χ0v) is 16.9. The Hall–Kier alpha value is -2.30. The van der Waals surface area contributed by atoms with Crippen molar-refractivity contribution in [2.75, 3.05) is 17.7 Å². The zero-order valence-electron chi connectivity index (χ0n) is 15.3. The molecule has 0 bridgehead atoms. The molecule has 1 aliphatic heterocycles. The number of carbonyl (C=O) groups excluding carboxylic acids is 1. The maximum absolute atomic E-state index is 13.7. The maximum Gasteiger partial charge on any atom is 0.235 e. The molecular weight excluding hydrogens is 418 g/mol. The highest BCUT2D eigenvalue weighted by Crippen LogP contribution is 2.29. The van der Waals surface area contributed by atoms with Crippen molar-refractivity contribution in [3.63, 3.8) is 0 Å². The number of rotatable bonds is 7. The van der Waals surface area contributed by atoms with Crippen molar-refractivity contribution < 1.29 is 18.3 Å². The second-order valence-electron chi connectivity index (χ2n) is 6.46. The van der Waals surface area contributed by atoms with Crippen LogP contribution in [0.15, 0.2) is 40.9 Å². The fraction of sp³-hybridized carbons (Fsp3) is 0.316. The van der Waals surface area contributed by atoms with Crippen LogP contribution in [0.2, 0.25) is 0 Å². The van der Waals surface area contributed by atoms with Crippen LogP contribution in [-0.2, 0) is 16.1 Å². The molecule has 1 saturated heterocycles. The number of thiophene rings is 1. The van der Waals surface area contributed by atoms with Gasteiger partial charge in [0.05, 0.1) is 23.3 Å². The maximum atomic E-state index is 13.7. The van der Waals surface area contributed by atoms with Gasteiger partial charge in [0, 0.05) is 6.61 Å². The van der Waals surface area contributed by atoms with E-state index in [0.29, 0.717) is 11.7 Å². The standard InChI is InChI=1S/C19H18F2N4O2S2/c20-13-5-1-6-14(21)17(13)22-16(26)11-29-19-24-23-18(15-7-3-9-28-15)25(19)10-12-4-2-8-27-12/h1,3,5-7,9,12H,2,4,8,10-11H2,(H,22,26). The van der Waals surface area contributed by atoms with E-state index in [1.54, 1.807) is 11.3 Å². The van der Waals surface area contributed by atoms with E-state index in [9.17, 15) is 13.6 Å². The molecule has 1 aromatic carbocycles. The third kappa shape index (κ3) is 4.65. The molecule has 29 heavy (non-hydrogen) atoms. The van der Waals surface area contributed by atoms with Gasteiger partial charge in [0.1, 0.15) is 17.3 Å². The number of thioether (sulfide) groups is 1. The molecule has 6 nitrogen and oxygen atoms in total. The lowest BCUT2D eigenvalue weighted by molar-refractivity contribution is -0.113. The van der Waals surface area contributed by atoms with Gasteiger partial charge >= 0.3 is 0 Å². The predicted octanol–water partition coefficient (Wildman–Crippen LogP) is 4.19. The molecule has 1 amide bonds. The molecule has 1 fully saturated rings. The number of carbonyl (C=O) groups is 1. The van der Waals surface area contributed by atoms with Crippen LogP contribution in [0.25, 0.3) is 10.7 Å². The normalized spacial score (nSPS) is 16.3. The van der Waals surface area contributed by atoms with Crippen LogP contribution in [0, 0.1) is 11.6 Å². The highest BCUT2D eigenvalue weighted by molar-refractivity contribution is 7.99. The summed E-state index contributed by atoms with van der Waals surface area (Å²) in [6, 6.07) is 7.33. The summed E-state index contributed by atoms with van der Waals surface area (Å²) in [6.45, 7) is 1.33. The highest BCUT2D eigenvalue weighted by Gasteiger charge is 2.23. The van der Waals surface area contributed by atoms with Crippen LogP contribution in [0.4, 0.5) is 14.5 Å². The number of aromatic nitrogens is 3. The Kier molecular flexibility index (Phi) is 6.22. The number of hydrogen-bond acceptors (Lipinski definition) is 6. The van der Waals surface area contributed by atoms with Gasteiger partial charge in [-0.25, -0.2) is 8.78 Å². The van der Waals surface area contributed by atoms with E-state index in [1.807, 2.05) is 22.1 Å². The lowest BCUT2D eigenvalue weighted by Crippen LogP contribution is -2.18. The average molecular weight is 437 g/mol. The number of para-hydroxylation sites is 1. The van der Waals surface area contributed by atoms with Crippen molar-refractivity contribution >= 4 is 34.7 Å². The Labute approximate surface area is 174 Å². The SMILES string of the molecule is O=C(CSc1nnc(-c2cccs2)n1CC1CCCO1)Nc1c(F)cccc1F. The highest BCUT2D eigenvalue weighted by atomic mass is 32.2. The molecule has 0 radical (unpaired) electrons. The number of nitrogens with zero attached hydrogens (tertiary/aromatic N) is 3. The Morgan fingerprint density at radius 2 is 2.10 bits per heavy atom. The summed E-state index contributed by atoms with van der Waals surface area (Å²) < 4.78 is 35.1. The molecule has 0 spiro atoms. The first-order chi connectivity index (χ1) is 14.1. The minimum absolute atomic E-state index is 0.0537. The fourth-order valence-electron chi connectivity index (χ4n) is 3.06. The molecule has 10 heteroatoms. The summed E-state index contributed by atoms with van der Waals surface area (Å²) in [4.78, 5) is 13.2. The van der Waals surface area contributed by atoms with Gasteiger partial charge in [-0.05, 0) is 36.4 Å². The van der Waals surface area contributed by atoms with Crippen LogP contribution >= 0.6 is 23.1 Å². The molecule has 1 aliphatic rings. The second-order valence-corrected chi connectivity index (χ2v) is 8.35. The molecular formula is C19H18F2N4O2S2. The predicted molar refractivity (Wildman–Crippen MR) is 108 cm³/mol. The van der Waals surface area contributed by atoms with E-state index in [-0.39, 0.29) is 11.9 Å². The van der Waals surface area contributed by atoms with Gasteiger partial charge in [-0.1, -0.05) is 23.9 Å². The minimum Gasteiger partial charge on any atom is -0.376 e. The summed E-state index contributed by atoms with van der Waals surface area (Å²) in [5.74, 6) is -1.49. The number of benzene rings is 1. The molecule has 0 saturated carbocycles. The Morgan fingerprint density at radius 1 is 1.28 bits per heavy atom. The van der Waals surface area contributed by atoms with Gasteiger partial charge in [0.2, 0.25) is 5.91 Å². The van der Waals surface area contributed by atoms with Crippen LogP contribution in [0.5, 0.6) is 0 Å². The fourth-order valence-corrected chi connectivity index (χ4v) is 4.53. The average Bonchev–Trinajstić information content (AvgIpc) is 3.46. The Morgan fingerprint density at radius 3 is 2.79 bits per heavy atom. The Bertz CT molecular complexity index is 968. The summed E-state index contributed by atoms with van der Waals surface area (Å²) in [5.41, 5.74) is -0.446. The molecule has 1 atom stereocenters. The number of hydrogen-bond donors (Lipinski definition) is 1. The van der Waals surface area contributed by atoms with E-state index >= 15 is 0 Å². The number of halogens is 2. The third-order valence-electron chi connectivity index (χ3n) is 4.43. The van der Waals surface area contributed by atoms with Gasteiger partial charge in [-0.15, -0.1) is 21.5 Å². The molecule has 3 aromatic rings. The van der Waals surface area contributed by atoms with Crippen LogP contribution in [0.3, 0.4) is 0 Å². The van der Waals surface area contributed by atoms with Gasteiger partial charge in [-0.2, -0.15) is 0 Å². The largest absolute Gasteiger partial charge is 0.376 e. The van der Waals surface area contributed by atoms with E-state index in [0.717, 1.165) is 42.3 Å². The summed E-state index contributed by atoms with van der Waals surface area (Å²) in [5, 5.41) is 13.3. The van der Waals surface area contributed by atoms with Crippen LogP contribution in [-0.4, -0.2) is 39.1 Å². The zero-order chi connectivity index (χ0) is 20.2. The monoisotopic (exact) mass is 436 g/mol. The minimum atomic E-state index is -0.815. The molecule has 3 heterocycles. The van der Waals surface area contributed by atoms with Crippen LogP contribution < -0.4 is 5.32 Å². The van der Waals surface area contributed by atoms with Gasteiger partial charge in [0.15, 0.2) is 11.0 Å². The van der Waals surface area contributed by atoms with Crippen LogP contribution in [0.1, 0.15) is 12.8 Å². The van der Waals surface area contributed by atoms with E-state index in [4.69, 9.17) is 4.74 Å². The summed E-state index contributed by atoms with van der Waals surface area (Å²) >= 11 is 2.72. The van der Waals surface area contributed by atoms with Crippen molar-refractivity contribution in [2.24, 2.45) is 0 Å². The lowest BCUT2D eigenvalue weighted by Gasteiger charge is -2.14. The first-order valence-corrected chi connectivity index (χ1v) is 10.9. The van der Waals surface area contributed by atoms with E-state index in [1.165, 1.54) is 17.8 Å². The Balaban J connectivity index is 1.48. The number of ether oxygens (including phenoxy) is 1. The lowest BCUT2D eigenvalue weighted by atomic mass is 10.2. The number of nitrogens with one attached hydrogen (secondary N) is 1. The quantitative estimate of drug-likeness (QED) is 0.563. The van der Waals surface area contributed by atoms with Crippen molar-refractivity contribution in [2.45, 2.75) is 30.6 Å². The molecule has 1 unspecified atom stereocenters. The third-order valence-corrected chi connectivity index (χ3v) is 6.26. The number of amides is 1. The van der Waals surface area contributed by atoms with Crippen molar-refractivity contribution in [1.29, 1.82) is 0 Å². The smallest absolute Gasteiger partial charge is 0.235 e. The van der Waals surface area contributed by atoms with Gasteiger partial charge in [0.25, 0.3) is 0 Å². The van der Waals surface area contributed by atoms with E-state index in [2.05, 4.69) is 15.5 Å². The number of anilines is 1. The second kappa shape index (κ2) is 9.02. The molecule has 152 valence electrons. The topological polar surface area (TPSA) is 69.0 Å². The summed E-state index contributed by atoms with van der Waals surface area (Å²) in [7, 11) is 0. The molecule has 1 N–H and O–H groups in total. The summed E-state index contributed by atoms with van der Waals surface area (Å²) in [6.07, 6.45) is 2.05. The first-order valence-electron chi connectivity index (χ1n) is 9.07. The molecule has 4 rings (SSSR count). The van der Waals surface area contributed by atoms with E-state index < -0.39 is 23.2 Å². The van der Waals surface area contributed by atoms with Gasteiger partial charge < -0.3 is 10.1 Å². The van der Waals surface area contributed by atoms with Crippen molar-refractivity contribution in [1.82, 2.24) is 14.8 Å². The van der Waals surface area contributed by atoms with Crippen molar-refractivity contribution in [3.8, 4) is 10.7 Å². The van der Waals surface area contributed by atoms with Crippen molar-refractivity contribution in [3.05, 3.63) is 47.3 Å². The van der Waals surface area contributed by atoms with Gasteiger partial charge in [-0.3, -0.25) is 9.36 Å².